The Morgan fingerprint density at radius 1 is 1.21 bits per heavy atom. The fraction of sp³-hybridized carbons (Fsp3) is 0.455. The van der Waals surface area contributed by atoms with Crippen molar-refractivity contribution in [3.05, 3.63) is 29.2 Å². The molecule has 0 saturated heterocycles. The SMILES string of the molecule is Cc1ccc2nc(C)c(C(C)C)n2n1. The minimum atomic E-state index is 0.458. The van der Waals surface area contributed by atoms with Crippen molar-refractivity contribution in [1.82, 2.24) is 14.6 Å². The molecule has 2 heterocycles. The van der Waals surface area contributed by atoms with Crippen molar-refractivity contribution < 1.29 is 0 Å². The number of imidazole rings is 1. The van der Waals surface area contributed by atoms with Crippen molar-refractivity contribution in [2.45, 2.75) is 33.6 Å². The van der Waals surface area contributed by atoms with Gasteiger partial charge in [0.25, 0.3) is 0 Å². The molecule has 2 rings (SSSR count). The first-order valence-corrected chi connectivity index (χ1v) is 4.92. The zero-order chi connectivity index (χ0) is 10.3. The molecular formula is C11H15N3. The molecule has 2 aromatic rings. The number of aryl methyl sites for hydroxylation is 2. The summed E-state index contributed by atoms with van der Waals surface area (Å²) in [7, 11) is 0. The van der Waals surface area contributed by atoms with Crippen molar-refractivity contribution >= 4 is 5.65 Å². The summed E-state index contributed by atoms with van der Waals surface area (Å²) in [6.45, 7) is 8.37. The summed E-state index contributed by atoms with van der Waals surface area (Å²) in [6.07, 6.45) is 0. The van der Waals surface area contributed by atoms with Crippen molar-refractivity contribution in [3.8, 4) is 0 Å². The molecule has 0 fully saturated rings. The number of nitrogens with zero attached hydrogens (tertiary/aromatic N) is 3. The summed E-state index contributed by atoms with van der Waals surface area (Å²) in [4.78, 5) is 4.48. The predicted octanol–water partition coefficient (Wildman–Crippen LogP) is 2.47. The van der Waals surface area contributed by atoms with E-state index in [0.29, 0.717) is 5.92 Å². The van der Waals surface area contributed by atoms with Gasteiger partial charge in [-0.05, 0) is 31.9 Å². The molecule has 0 N–H and O–H groups in total. The van der Waals surface area contributed by atoms with E-state index in [1.165, 1.54) is 5.69 Å². The van der Waals surface area contributed by atoms with Crippen LogP contribution in [0.25, 0.3) is 5.65 Å². The molecule has 14 heavy (non-hydrogen) atoms. The Bertz CT molecular complexity index is 469. The highest BCUT2D eigenvalue weighted by Gasteiger charge is 2.12. The van der Waals surface area contributed by atoms with Crippen LogP contribution in [0.15, 0.2) is 12.1 Å². The molecular weight excluding hydrogens is 174 g/mol. The molecule has 0 aliphatic carbocycles. The third-order valence-electron chi connectivity index (χ3n) is 2.38. The molecule has 0 saturated carbocycles. The first-order valence-electron chi connectivity index (χ1n) is 4.92. The fourth-order valence-electron chi connectivity index (χ4n) is 1.81. The number of hydrogen-bond donors (Lipinski definition) is 0. The smallest absolute Gasteiger partial charge is 0.154 e. The van der Waals surface area contributed by atoms with Crippen molar-refractivity contribution in [2.75, 3.05) is 0 Å². The van der Waals surface area contributed by atoms with E-state index in [0.717, 1.165) is 17.0 Å². The molecule has 0 aromatic carbocycles. The molecule has 0 atom stereocenters. The highest BCUT2D eigenvalue weighted by Crippen LogP contribution is 2.19. The minimum absolute atomic E-state index is 0.458. The zero-order valence-corrected chi connectivity index (χ0v) is 9.07. The molecule has 0 aliphatic rings. The van der Waals surface area contributed by atoms with Crippen LogP contribution in [0.3, 0.4) is 0 Å². The molecule has 0 aliphatic heterocycles. The average molecular weight is 189 g/mol. The third-order valence-corrected chi connectivity index (χ3v) is 2.38. The summed E-state index contributed by atoms with van der Waals surface area (Å²) in [6, 6.07) is 4.01. The zero-order valence-electron chi connectivity index (χ0n) is 9.07. The maximum Gasteiger partial charge on any atom is 0.154 e. The van der Waals surface area contributed by atoms with Gasteiger partial charge in [-0.15, -0.1) is 0 Å². The monoisotopic (exact) mass is 189 g/mol. The predicted molar refractivity (Wildman–Crippen MR) is 56.6 cm³/mol. The second-order valence-electron chi connectivity index (χ2n) is 3.98. The Morgan fingerprint density at radius 3 is 2.57 bits per heavy atom. The van der Waals surface area contributed by atoms with Gasteiger partial charge in [0.05, 0.1) is 17.1 Å². The van der Waals surface area contributed by atoms with Crippen molar-refractivity contribution in [1.29, 1.82) is 0 Å². The van der Waals surface area contributed by atoms with Crippen LogP contribution in [0, 0.1) is 13.8 Å². The van der Waals surface area contributed by atoms with E-state index in [2.05, 4.69) is 23.9 Å². The lowest BCUT2D eigenvalue weighted by Crippen LogP contribution is -2.01. The van der Waals surface area contributed by atoms with Crippen LogP contribution >= 0.6 is 0 Å². The first kappa shape index (κ1) is 9.19. The molecule has 3 nitrogen and oxygen atoms in total. The van der Waals surface area contributed by atoms with Crippen LogP contribution < -0.4 is 0 Å². The number of fused-ring (bicyclic) bond motifs is 1. The standard InChI is InChI=1S/C11H15N3/c1-7(2)11-9(4)12-10-6-5-8(3)13-14(10)11/h5-7H,1-4H3. The summed E-state index contributed by atoms with van der Waals surface area (Å²) in [5.41, 5.74) is 4.26. The fourth-order valence-corrected chi connectivity index (χ4v) is 1.81. The molecule has 0 radical (unpaired) electrons. The van der Waals surface area contributed by atoms with E-state index < -0.39 is 0 Å². The van der Waals surface area contributed by atoms with Crippen molar-refractivity contribution in [3.63, 3.8) is 0 Å². The lowest BCUT2D eigenvalue weighted by Gasteiger charge is -2.05. The van der Waals surface area contributed by atoms with Crippen LogP contribution in [-0.2, 0) is 0 Å². The van der Waals surface area contributed by atoms with Gasteiger partial charge in [-0.1, -0.05) is 13.8 Å². The molecule has 0 unspecified atom stereocenters. The van der Waals surface area contributed by atoms with Crippen molar-refractivity contribution in [2.24, 2.45) is 0 Å². The Morgan fingerprint density at radius 2 is 1.93 bits per heavy atom. The molecule has 0 spiro atoms. The lowest BCUT2D eigenvalue weighted by molar-refractivity contribution is 0.744. The van der Waals surface area contributed by atoms with E-state index in [9.17, 15) is 0 Å². The van der Waals surface area contributed by atoms with E-state index >= 15 is 0 Å². The lowest BCUT2D eigenvalue weighted by atomic mass is 10.1. The molecule has 0 amide bonds. The van der Waals surface area contributed by atoms with Gasteiger partial charge < -0.3 is 0 Å². The highest BCUT2D eigenvalue weighted by molar-refractivity contribution is 5.42. The average Bonchev–Trinajstić information content (AvgIpc) is 2.40. The maximum absolute atomic E-state index is 4.48. The van der Waals surface area contributed by atoms with Gasteiger partial charge in [0.15, 0.2) is 5.65 Å². The van der Waals surface area contributed by atoms with Gasteiger partial charge in [0, 0.05) is 0 Å². The molecule has 0 bridgehead atoms. The number of aromatic nitrogens is 3. The van der Waals surface area contributed by atoms with Gasteiger partial charge >= 0.3 is 0 Å². The minimum Gasteiger partial charge on any atom is -0.232 e. The topological polar surface area (TPSA) is 30.2 Å². The quantitative estimate of drug-likeness (QED) is 0.689. The summed E-state index contributed by atoms with van der Waals surface area (Å²) >= 11 is 0. The highest BCUT2D eigenvalue weighted by atomic mass is 15.3. The first-order chi connectivity index (χ1) is 6.59. The largest absolute Gasteiger partial charge is 0.232 e. The van der Waals surface area contributed by atoms with E-state index in [4.69, 9.17) is 0 Å². The van der Waals surface area contributed by atoms with Crippen LogP contribution in [0.5, 0.6) is 0 Å². The second-order valence-corrected chi connectivity index (χ2v) is 3.98. The van der Waals surface area contributed by atoms with Gasteiger partial charge in [0.1, 0.15) is 0 Å². The third kappa shape index (κ3) is 1.29. The van der Waals surface area contributed by atoms with E-state index in [1.807, 2.05) is 30.5 Å². The second kappa shape index (κ2) is 3.08. The molecule has 3 heteroatoms. The van der Waals surface area contributed by atoms with E-state index in [-0.39, 0.29) is 0 Å². The normalized spacial score (nSPS) is 11.5. The van der Waals surface area contributed by atoms with Crippen LogP contribution in [0.1, 0.15) is 36.8 Å². The summed E-state index contributed by atoms with van der Waals surface area (Å²) in [5, 5.41) is 4.47. The van der Waals surface area contributed by atoms with Gasteiger partial charge in [0.2, 0.25) is 0 Å². The number of rotatable bonds is 1. The maximum atomic E-state index is 4.48. The number of hydrogen-bond acceptors (Lipinski definition) is 2. The summed E-state index contributed by atoms with van der Waals surface area (Å²) in [5.74, 6) is 0.458. The van der Waals surface area contributed by atoms with Gasteiger partial charge in [-0.3, -0.25) is 0 Å². The van der Waals surface area contributed by atoms with Gasteiger partial charge in [-0.2, -0.15) is 5.10 Å². The van der Waals surface area contributed by atoms with Crippen LogP contribution in [-0.4, -0.2) is 14.6 Å². The van der Waals surface area contributed by atoms with Crippen LogP contribution in [0.4, 0.5) is 0 Å². The molecule has 74 valence electrons. The van der Waals surface area contributed by atoms with Gasteiger partial charge in [-0.25, -0.2) is 9.50 Å². The van der Waals surface area contributed by atoms with E-state index in [1.54, 1.807) is 0 Å². The Kier molecular flexibility index (Phi) is 2.02. The van der Waals surface area contributed by atoms with Crippen LogP contribution in [0.2, 0.25) is 0 Å². The summed E-state index contributed by atoms with van der Waals surface area (Å²) < 4.78 is 1.95. The Labute approximate surface area is 83.8 Å². The molecule has 2 aromatic heterocycles. The Balaban J connectivity index is 2.79. The Hall–Kier alpha value is -1.38.